The average molecular weight is 506 g/mol. The predicted molar refractivity (Wildman–Crippen MR) is 149 cm³/mol. The molecule has 8 heteroatoms. The molecule has 1 atom stereocenters. The fourth-order valence-electron chi connectivity index (χ4n) is 5.40. The van der Waals surface area contributed by atoms with Crippen molar-refractivity contribution in [1.82, 2.24) is 30.1 Å². The van der Waals surface area contributed by atoms with E-state index in [9.17, 15) is 4.79 Å². The number of rotatable bonds is 6. The summed E-state index contributed by atoms with van der Waals surface area (Å²) >= 11 is 0. The van der Waals surface area contributed by atoms with Gasteiger partial charge >= 0.3 is 0 Å². The molecule has 8 nitrogen and oxygen atoms in total. The Labute approximate surface area is 221 Å². The minimum Gasteiger partial charge on any atom is -0.369 e. The molecule has 0 saturated carbocycles. The summed E-state index contributed by atoms with van der Waals surface area (Å²) in [5.41, 5.74) is 6.01. The SMILES string of the molecule is Cc1ccc2cc([C@H](c3nnnn3Cc3ccccc3)N3CCN(c4ccccc4)CC3)c(=O)[nH]c2c1C. The second kappa shape index (κ2) is 10.2. The number of hydrogen-bond acceptors (Lipinski definition) is 6. The molecule has 1 aliphatic rings. The van der Waals surface area contributed by atoms with E-state index >= 15 is 0 Å². The highest BCUT2D eigenvalue weighted by atomic mass is 16.1. The molecule has 1 fully saturated rings. The number of nitrogens with one attached hydrogen (secondary N) is 1. The van der Waals surface area contributed by atoms with E-state index in [1.165, 1.54) is 5.69 Å². The molecule has 192 valence electrons. The molecular formula is C30H31N7O. The molecule has 0 amide bonds. The van der Waals surface area contributed by atoms with E-state index in [0.717, 1.165) is 53.8 Å². The van der Waals surface area contributed by atoms with Gasteiger partial charge in [0.25, 0.3) is 5.56 Å². The first-order valence-electron chi connectivity index (χ1n) is 13.1. The smallest absolute Gasteiger partial charge is 0.253 e. The third-order valence-electron chi connectivity index (χ3n) is 7.65. The van der Waals surface area contributed by atoms with Gasteiger partial charge in [-0.3, -0.25) is 9.69 Å². The molecular weight excluding hydrogens is 474 g/mol. The Bertz CT molecular complexity index is 1600. The Hall–Kier alpha value is -4.30. The standard InChI is InChI=1S/C30H31N7O/c1-21-13-14-24-19-26(30(38)31-27(24)22(21)2)28(29-32-33-34-37(29)20-23-9-5-3-6-10-23)36-17-15-35(16-18-36)25-11-7-4-8-12-25/h3-14,19,28H,15-18,20H2,1-2H3,(H,31,38)/t28-/m1/s1. The number of fused-ring (bicyclic) bond motifs is 1. The zero-order chi connectivity index (χ0) is 26.1. The van der Waals surface area contributed by atoms with Gasteiger partial charge in [-0.15, -0.1) is 5.10 Å². The molecule has 3 heterocycles. The number of tetrazole rings is 1. The fraction of sp³-hybridized carbons (Fsp3) is 0.267. The number of nitrogens with zero attached hydrogens (tertiary/aromatic N) is 6. The van der Waals surface area contributed by atoms with E-state index in [4.69, 9.17) is 0 Å². The Morgan fingerprint density at radius 2 is 1.61 bits per heavy atom. The second-order valence-corrected chi connectivity index (χ2v) is 9.97. The molecule has 0 radical (unpaired) electrons. The van der Waals surface area contributed by atoms with Crippen LogP contribution in [0.15, 0.2) is 83.7 Å². The van der Waals surface area contributed by atoms with E-state index in [2.05, 4.69) is 85.8 Å². The van der Waals surface area contributed by atoms with E-state index in [-0.39, 0.29) is 11.6 Å². The largest absolute Gasteiger partial charge is 0.369 e. The molecule has 38 heavy (non-hydrogen) atoms. The van der Waals surface area contributed by atoms with Crippen LogP contribution in [0.3, 0.4) is 0 Å². The van der Waals surface area contributed by atoms with Crippen LogP contribution in [0.2, 0.25) is 0 Å². The number of benzene rings is 3. The Morgan fingerprint density at radius 1 is 0.895 bits per heavy atom. The van der Waals surface area contributed by atoms with Gasteiger partial charge in [0, 0.05) is 37.4 Å². The van der Waals surface area contributed by atoms with Gasteiger partial charge in [-0.2, -0.15) is 0 Å². The monoisotopic (exact) mass is 505 g/mol. The Morgan fingerprint density at radius 3 is 2.34 bits per heavy atom. The molecule has 1 saturated heterocycles. The van der Waals surface area contributed by atoms with Crippen molar-refractivity contribution < 1.29 is 0 Å². The lowest BCUT2D eigenvalue weighted by atomic mass is 9.99. The van der Waals surface area contributed by atoms with Crippen molar-refractivity contribution in [2.24, 2.45) is 0 Å². The summed E-state index contributed by atoms with van der Waals surface area (Å²) in [6, 6.07) is 26.4. The molecule has 1 aliphatic heterocycles. The van der Waals surface area contributed by atoms with Crippen molar-refractivity contribution in [2.75, 3.05) is 31.1 Å². The highest BCUT2D eigenvalue weighted by Gasteiger charge is 2.33. The second-order valence-electron chi connectivity index (χ2n) is 9.97. The van der Waals surface area contributed by atoms with Crippen molar-refractivity contribution in [3.8, 4) is 0 Å². The quantitative estimate of drug-likeness (QED) is 0.374. The maximum absolute atomic E-state index is 13.7. The average Bonchev–Trinajstić information content (AvgIpc) is 3.40. The topological polar surface area (TPSA) is 82.9 Å². The van der Waals surface area contributed by atoms with Crippen molar-refractivity contribution >= 4 is 16.6 Å². The minimum atomic E-state index is -0.374. The normalized spacial score (nSPS) is 15.2. The lowest BCUT2D eigenvalue weighted by Gasteiger charge is -2.39. The third-order valence-corrected chi connectivity index (χ3v) is 7.65. The van der Waals surface area contributed by atoms with Crippen LogP contribution < -0.4 is 10.5 Å². The molecule has 0 bridgehead atoms. The van der Waals surface area contributed by atoms with Gasteiger partial charge in [-0.25, -0.2) is 4.68 Å². The van der Waals surface area contributed by atoms with Crippen LogP contribution in [0.4, 0.5) is 5.69 Å². The van der Waals surface area contributed by atoms with Gasteiger partial charge in [0.2, 0.25) is 0 Å². The summed E-state index contributed by atoms with van der Waals surface area (Å²) in [6.07, 6.45) is 0. The van der Waals surface area contributed by atoms with Crippen LogP contribution in [0.1, 0.15) is 34.1 Å². The molecule has 0 spiro atoms. The lowest BCUT2D eigenvalue weighted by Crippen LogP contribution is -2.49. The van der Waals surface area contributed by atoms with Gasteiger partial charge in [0.05, 0.1) is 12.1 Å². The summed E-state index contributed by atoms with van der Waals surface area (Å²) in [4.78, 5) is 21.6. The van der Waals surface area contributed by atoms with Crippen LogP contribution in [0.25, 0.3) is 10.9 Å². The molecule has 6 rings (SSSR count). The summed E-state index contributed by atoms with van der Waals surface area (Å²) in [5.74, 6) is 0.677. The van der Waals surface area contributed by atoms with Crippen LogP contribution in [-0.2, 0) is 6.54 Å². The van der Waals surface area contributed by atoms with E-state index in [1.807, 2.05) is 41.9 Å². The van der Waals surface area contributed by atoms with Gasteiger partial charge in [-0.05, 0) is 64.5 Å². The van der Waals surface area contributed by atoms with E-state index in [0.29, 0.717) is 17.9 Å². The molecule has 3 aromatic carbocycles. The summed E-state index contributed by atoms with van der Waals surface area (Å²) in [6.45, 7) is 7.91. The number of pyridine rings is 1. The Balaban J connectivity index is 1.41. The minimum absolute atomic E-state index is 0.101. The lowest BCUT2D eigenvalue weighted by molar-refractivity contribution is 0.200. The Kier molecular flexibility index (Phi) is 6.47. The maximum atomic E-state index is 13.7. The van der Waals surface area contributed by atoms with Crippen molar-refractivity contribution in [3.05, 3.63) is 117 Å². The predicted octanol–water partition coefficient (Wildman–Crippen LogP) is 4.09. The number of aromatic nitrogens is 5. The molecule has 2 aromatic heterocycles. The fourth-order valence-corrected chi connectivity index (χ4v) is 5.40. The first-order valence-corrected chi connectivity index (χ1v) is 13.1. The first-order chi connectivity index (χ1) is 18.6. The summed E-state index contributed by atoms with van der Waals surface area (Å²) < 4.78 is 1.83. The number of para-hydroxylation sites is 1. The van der Waals surface area contributed by atoms with Gasteiger partial charge in [0.1, 0.15) is 6.04 Å². The number of anilines is 1. The van der Waals surface area contributed by atoms with Gasteiger partial charge in [-0.1, -0.05) is 60.7 Å². The number of aryl methyl sites for hydroxylation is 2. The van der Waals surface area contributed by atoms with Gasteiger partial charge < -0.3 is 9.88 Å². The van der Waals surface area contributed by atoms with E-state index < -0.39 is 0 Å². The highest BCUT2D eigenvalue weighted by molar-refractivity contribution is 5.83. The zero-order valence-corrected chi connectivity index (χ0v) is 21.7. The highest BCUT2D eigenvalue weighted by Crippen LogP contribution is 2.30. The van der Waals surface area contributed by atoms with E-state index in [1.54, 1.807) is 0 Å². The van der Waals surface area contributed by atoms with Crippen LogP contribution >= 0.6 is 0 Å². The van der Waals surface area contributed by atoms with Crippen molar-refractivity contribution in [1.29, 1.82) is 0 Å². The molecule has 1 N–H and O–H groups in total. The van der Waals surface area contributed by atoms with Gasteiger partial charge in [0.15, 0.2) is 5.82 Å². The summed E-state index contributed by atoms with van der Waals surface area (Å²) in [5, 5.41) is 13.9. The van der Waals surface area contributed by atoms with Crippen LogP contribution in [0.5, 0.6) is 0 Å². The number of hydrogen-bond donors (Lipinski definition) is 1. The zero-order valence-electron chi connectivity index (χ0n) is 21.7. The van der Waals surface area contributed by atoms with Crippen molar-refractivity contribution in [2.45, 2.75) is 26.4 Å². The summed E-state index contributed by atoms with van der Waals surface area (Å²) in [7, 11) is 0. The maximum Gasteiger partial charge on any atom is 0.253 e. The molecule has 5 aromatic rings. The molecule has 0 aliphatic carbocycles. The number of H-pyrrole nitrogens is 1. The number of aromatic amines is 1. The molecule has 0 unspecified atom stereocenters. The third kappa shape index (κ3) is 4.59. The van der Waals surface area contributed by atoms with Crippen LogP contribution in [0, 0.1) is 13.8 Å². The number of piperazine rings is 1. The van der Waals surface area contributed by atoms with Crippen LogP contribution in [-0.4, -0.2) is 56.3 Å². The van der Waals surface area contributed by atoms with Crippen molar-refractivity contribution in [3.63, 3.8) is 0 Å². The first kappa shape index (κ1) is 24.1.